The van der Waals surface area contributed by atoms with Crippen LogP contribution in [0.3, 0.4) is 0 Å². The van der Waals surface area contributed by atoms with Crippen molar-refractivity contribution in [1.82, 2.24) is 10.2 Å². The lowest BCUT2D eigenvalue weighted by atomic mass is 10.0. The molecular formula is C22H27FN2O3. The van der Waals surface area contributed by atoms with Crippen LogP contribution < -0.4 is 10.1 Å². The molecule has 0 radical (unpaired) electrons. The Kier molecular flexibility index (Phi) is 7.39. The second kappa shape index (κ2) is 10.2. The van der Waals surface area contributed by atoms with E-state index < -0.39 is 0 Å². The number of amides is 1. The van der Waals surface area contributed by atoms with Gasteiger partial charge in [-0.05, 0) is 35.7 Å². The van der Waals surface area contributed by atoms with Crippen molar-refractivity contribution in [3.63, 3.8) is 0 Å². The van der Waals surface area contributed by atoms with Gasteiger partial charge in [0, 0.05) is 26.1 Å². The molecule has 0 aromatic heterocycles. The molecular weight excluding hydrogens is 359 g/mol. The highest BCUT2D eigenvalue weighted by atomic mass is 19.1. The Hall–Kier alpha value is -2.44. The number of rotatable bonds is 8. The van der Waals surface area contributed by atoms with Crippen molar-refractivity contribution in [3.8, 4) is 5.75 Å². The topological polar surface area (TPSA) is 50.8 Å². The number of nitrogens with one attached hydrogen (secondary N) is 1. The number of methoxy groups -OCH3 is 1. The summed E-state index contributed by atoms with van der Waals surface area (Å²) in [5.41, 5.74) is 2.01. The molecule has 0 spiro atoms. The number of aryl methyl sites for hydroxylation is 1. The first kappa shape index (κ1) is 20.3. The van der Waals surface area contributed by atoms with Gasteiger partial charge in [-0.3, -0.25) is 9.69 Å². The van der Waals surface area contributed by atoms with Crippen molar-refractivity contribution in [2.75, 3.05) is 40.0 Å². The predicted molar refractivity (Wildman–Crippen MR) is 106 cm³/mol. The van der Waals surface area contributed by atoms with Crippen LogP contribution in [0.5, 0.6) is 5.75 Å². The Bertz CT molecular complexity index is 761. The molecule has 0 saturated carbocycles. The van der Waals surface area contributed by atoms with Crippen molar-refractivity contribution in [2.45, 2.75) is 18.9 Å². The largest absolute Gasteiger partial charge is 0.496 e. The van der Waals surface area contributed by atoms with E-state index in [4.69, 9.17) is 9.47 Å². The van der Waals surface area contributed by atoms with E-state index in [1.54, 1.807) is 19.2 Å². The molecule has 1 atom stereocenters. The fourth-order valence-electron chi connectivity index (χ4n) is 3.49. The fraction of sp³-hybridized carbons (Fsp3) is 0.409. The van der Waals surface area contributed by atoms with Crippen LogP contribution in [-0.4, -0.2) is 50.8 Å². The van der Waals surface area contributed by atoms with Crippen LogP contribution in [0.15, 0.2) is 48.5 Å². The molecule has 6 heteroatoms. The van der Waals surface area contributed by atoms with Gasteiger partial charge in [0.2, 0.25) is 5.91 Å². The van der Waals surface area contributed by atoms with Crippen molar-refractivity contribution < 1.29 is 18.7 Å². The molecule has 1 fully saturated rings. The first-order valence-electron chi connectivity index (χ1n) is 9.63. The van der Waals surface area contributed by atoms with Crippen LogP contribution in [0.2, 0.25) is 0 Å². The number of hydrogen-bond acceptors (Lipinski definition) is 4. The van der Waals surface area contributed by atoms with Gasteiger partial charge in [-0.2, -0.15) is 0 Å². The van der Waals surface area contributed by atoms with E-state index in [9.17, 15) is 9.18 Å². The SMILES string of the molecule is COc1ccccc1CCC(=O)NCC(c1ccc(F)cc1)N1CCOCC1. The lowest BCUT2D eigenvalue weighted by Crippen LogP contribution is -2.43. The van der Waals surface area contributed by atoms with Gasteiger partial charge in [-0.15, -0.1) is 0 Å². The molecule has 2 aromatic carbocycles. The summed E-state index contributed by atoms with van der Waals surface area (Å²) in [5, 5.41) is 3.04. The smallest absolute Gasteiger partial charge is 0.220 e. The zero-order valence-corrected chi connectivity index (χ0v) is 16.2. The summed E-state index contributed by atoms with van der Waals surface area (Å²) in [4.78, 5) is 14.7. The molecule has 1 amide bonds. The third kappa shape index (κ3) is 5.53. The molecule has 1 saturated heterocycles. The van der Waals surface area contributed by atoms with Gasteiger partial charge in [0.1, 0.15) is 11.6 Å². The van der Waals surface area contributed by atoms with Crippen molar-refractivity contribution in [1.29, 1.82) is 0 Å². The van der Waals surface area contributed by atoms with Crippen molar-refractivity contribution in [2.24, 2.45) is 0 Å². The molecule has 0 aliphatic carbocycles. The molecule has 1 aliphatic heterocycles. The van der Waals surface area contributed by atoms with Crippen LogP contribution >= 0.6 is 0 Å². The average Bonchev–Trinajstić information content (AvgIpc) is 2.74. The lowest BCUT2D eigenvalue weighted by molar-refractivity contribution is -0.121. The second-order valence-corrected chi connectivity index (χ2v) is 6.83. The van der Waals surface area contributed by atoms with Crippen molar-refractivity contribution >= 4 is 5.91 Å². The summed E-state index contributed by atoms with van der Waals surface area (Å²) >= 11 is 0. The number of hydrogen-bond donors (Lipinski definition) is 1. The molecule has 1 N–H and O–H groups in total. The van der Waals surface area contributed by atoms with E-state index in [2.05, 4.69) is 10.2 Å². The van der Waals surface area contributed by atoms with Crippen LogP contribution in [0.1, 0.15) is 23.6 Å². The summed E-state index contributed by atoms with van der Waals surface area (Å²) < 4.78 is 24.1. The molecule has 2 aromatic rings. The Labute approximate surface area is 165 Å². The highest BCUT2D eigenvalue weighted by Crippen LogP contribution is 2.22. The number of para-hydroxylation sites is 1. The fourth-order valence-corrected chi connectivity index (χ4v) is 3.49. The van der Waals surface area contributed by atoms with Gasteiger partial charge in [0.05, 0.1) is 26.4 Å². The monoisotopic (exact) mass is 386 g/mol. The van der Waals surface area contributed by atoms with Crippen molar-refractivity contribution in [3.05, 3.63) is 65.5 Å². The Morgan fingerprint density at radius 3 is 2.61 bits per heavy atom. The highest BCUT2D eigenvalue weighted by molar-refractivity contribution is 5.76. The second-order valence-electron chi connectivity index (χ2n) is 6.83. The first-order valence-corrected chi connectivity index (χ1v) is 9.63. The van der Waals surface area contributed by atoms with Gasteiger partial charge in [0.15, 0.2) is 0 Å². The number of halogens is 1. The average molecular weight is 386 g/mol. The van der Waals surface area contributed by atoms with Crippen LogP contribution in [-0.2, 0) is 16.0 Å². The van der Waals surface area contributed by atoms with E-state index >= 15 is 0 Å². The number of benzene rings is 2. The predicted octanol–water partition coefficient (Wildman–Crippen LogP) is 2.96. The summed E-state index contributed by atoms with van der Waals surface area (Å²) in [6, 6.07) is 14.2. The van der Waals surface area contributed by atoms with Gasteiger partial charge in [-0.25, -0.2) is 4.39 Å². The molecule has 5 nitrogen and oxygen atoms in total. The minimum Gasteiger partial charge on any atom is -0.496 e. The summed E-state index contributed by atoms with van der Waals surface area (Å²) in [6.45, 7) is 3.40. The van der Waals surface area contributed by atoms with E-state index in [0.717, 1.165) is 30.0 Å². The maximum Gasteiger partial charge on any atom is 0.220 e. The quantitative estimate of drug-likeness (QED) is 0.758. The first-order chi connectivity index (χ1) is 13.7. The highest BCUT2D eigenvalue weighted by Gasteiger charge is 2.23. The van der Waals surface area contributed by atoms with Gasteiger partial charge >= 0.3 is 0 Å². The maximum absolute atomic E-state index is 13.3. The molecule has 0 bridgehead atoms. The van der Waals surface area contributed by atoms with E-state index in [0.29, 0.717) is 32.6 Å². The number of carbonyl (C=O) groups is 1. The molecule has 3 rings (SSSR count). The Balaban J connectivity index is 1.59. The third-order valence-electron chi connectivity index (χ3n) is 5.05. The van der Waals surface area contributed by atoms with Crippen LogP contribution in [0, 0.1) is 5.82 Å². The minimum atomic E-state index is -0.259. The zero-order chi connectivity index (χ0) is 19.8. The van der Waals surface area contributed by atoms with Gasteiger partial charge < -0.3 is 14.8 Å². The van der Waals surface area contributed by atoms with E-state index in [-0.39, 0.29) is 17.8 Å². The number of nitrogens with zero attached hydrogens (tertiary/aromatic N) is 1. The molecule has 1 aliphatic rings. The molecule has 1 heterocycles. The third-order valence-corrected chi connectivity index (χ3v) is 5.05. The number of ether oxygens (including phenoxy) is 2. The summed E-state index contributed by atoms with van der Waals surface area (Å²) in [6.07, 6.45) is 1.01. The summed E-state index contributed by atoms with van der Waals surface area (Å²) in [7, 11) is 1.63. The summed E-state index contributed by atoms with van der Waals surface area (Å²) in [5.74, 6) is 0.532. The van der Waals surface area contributed by atoms with Crippen LogP contribution in [0.25, 0.3) is 0 Å². The van der Waals surface area contributed by atoms with Gasteiger partial charge in [0.25, 0.3) is 0 Å². The van der Waals surface area contributed by atoms with Gasteiger partial charge in [-0.1, -0.05) is 30.3 Å². The number of morpholine rings is 1. The van der Waals surface area contributed by atoms with E-state index in [1.165, 1.54) is 12.1 Å². The molecule has 1 unspecified atom stereocenters. The minimum absolute atomic E-state index is 0.000267. The number of carbonyl (C=O) groups excluding carboxylic acids is 1. The van der Waals surface area contributed by atoms with Crippen LogP contribution in [0.4, 0.5) is 4.39 Å². The van der Waals surface area contributed by atoms with E-state index in [1.807, 2.05) is 24.3 Å². The normalized spacial score (nSPS) is 15.8. The zero-order valence-electron chi connectivity index (χ0n) is 16.2. The maximum atomic E-state index is 13.3. The standard InChI is InChI=1S/C22H27FN2O3/c1-27-21-5-3-2-4-18(21)8-11-22(26)24-16-20(25-12-14-28-15-13-25)17-6-9-19(23)10-7-17/h2-7,9-10,20H,8,11-16H2,1H3,(H,24,26). The molecule has 150 valence electrons. The Morgan fingerprint density at radius 1 is 1.18 bits per heavy atom. The Morgan fingerprint density at radius 2 is 1.89 bits per heavy atom. The lowest BCUT2D eigenvalue weighted by Gasteiger charge is -2.35. The molecule has 28 heavy (non-hydrogen) atoms.